The Morgan fingerprint density at radius 3 is 2.60 bits per heavy atom. The Kier molecular flexibility index (Phi) is 5.03. The smallest absolute Gasteiger partial charge is 0.333 e. The molecule has 0 aliphatic rings. The van der Waals surface area contributed by atoms with Crippen LogP contribution in [0.15, 0.2) is 17.0 Å². The van der Waals surface area contributed by atoms with Gasteiger partial charge >= 0.3 is 5.97 Å². The first kappa shape index (κ1) is 16.3. The maximum Gasteiger partial charge on any atom is 0.333 e. The van der Waals surface area contributed by atoms with Crippen LogP contribution in [0.25, 0.3) is 0 Å². The van der Waals surface area contributed by atoms with Crippen molar-refractivity contribution in [2.45, 2.75) is 17.9 Å². The maximum atomic E-state index is 13.8. The molecule has 0 saturated heterocycles. The summed E-state index contributed by atoms with van der Waals surface area (Å²) in [4.78, 5) is 10.0. The summed E-state index contributed by atoms with van der Waals surface area (Å²) in [6, 6.07) is 2.28. The number of methoxy groups -OCH3 is 1. The number of ether oxygens (including phenoxy) is 1. The Morgan fingerprint density at radius 1 is 1.50 bits per heavy atom. The quantitative estimate of drug-likeness (QED) is 0.674. The number of carbonyl (C=O) groups is 1. The van der Waals surface area contributed by atoms with Crippen molar-refractivity contribution in [3.05, 3.63) is 23.5 Å². The number of halogens is 1. The average Bonchev–Trinajstić information content (AvgIpc) is 2.38. The molecule has 9 heteroatoms. The fraction of sp³-hybridized carbons (Fsp3) is 0.364. The van der Waals surface area contributed by atoms with Gasteiger partial charge in [0, 0.05) is 12.1 Å². The van der Waals surface area contributed by atoms with Crippen molar-refractivity contribution < 1.29 is 32.6 Å². The van der Waals surface area contributed by atoms with Gasteiger partial charge in [0.1, 0.15) is 0 Å². The lowest BCUT2D eigenvalue weighted by molar-refractivity contribution is -0.146. The molecule has 1 aromatic carbocycles. The van der Waals surface area contributed by atoms with Crippen molar-refractivity contribution in [2.75, 3.05) is 13.7 Å². The first-order chi connectivity index (χ1) is 9.20. The minimum atomic E-state index is -4.14. The lowest BCUT2D eigenvalue weighted by atomic mass is 10.2. The number of nitrogens with one attached hydrogen (secondary N) is 1. The van der Waals surface area contributed by atoms with Gasteiger partial charge in [-0.15, -0.1) is 0 Å². The number of aliphatic hydroxyl groups is 1. The number of hydrogen-bond acceptors (Lipinski definition) is 5. The second-order valence-electron chi connectivity index (χ2n) is 3.91. The molecule has 0 bridgehead atoms. The first-order valence-corrected chi connectivity index (χ1v) is 6.92. The number of hydrogen-bond donors (Lipinski definition) is 3. The van der Waals surface area contributed by atoms with Crippen molar-refractivity contribution in [1.29, 1.82) is 0 Å². The summed E-state index contributed by atoms with van der Waals surface area (Å²) in [6.07, 6.45) is -1.88. The molecule has 3 N–H and O–H groups in total. The summed E-state index contributed by atoms with van der Waals surface area (Å²) in [5, 5.41) is 17.5. The van der Waals surface area contributed by atoms with Gasteiger partial charge in [-0.3, -0.25) is 0 Å². The van der Waals surface area contributed by atoms with Gasteiger partial charge in [0.2, 0.25) is 10.0 Å². The van der Waals surface area contributed by atoms with E-state index >= 15 is 0 Å². The van der Waals surface area contributed by atoms with E-state index in [-0.39, 0.29) is 16.2 Å². The Labute approximate surface area is 115 Å². The third-order valence-corrected chi connectivity index (χ3v) is 4.13. The number of sulfonamides is 1. The number of rotatable bonds is 6. The highest BCUT2D eigenvalue weighted by Gasteiger charge is 2.23. The van der Waals surface area contributed by atoms with Crippen molar-refractivity contribution in [3.63, 3.8) is 0 Å². The van der Waals surface area contributed by atoms with Gasteiger partial charge < -0.3 is 14.9 Å². The van der Waals surface area contributed by atoms with E-state index in [2.05, 4.69) is 0 Å². The molecule has 112 valence electrons. The SMILES string of the molecule is COc1ccc(S(=O)(=O)NC[C@H](O)C(=O)O)c(C)c1F. The third kappa shape index (κ3) is 3.44. The first-order valence-electron chi connectivity index (χ1n) is 5.44. The summed E-state index contributed by atoms with van der Waals surface area (Å²) in [7, 11) is -2.89. The van der Waals surface area contributed by atoms with E-state index in [1.54, 1.807) is 0 Å². The predicted molar refractivity (Wildman–Crippen MR) is 66.5 cm³/mol. The van der Waals surface area contributed by atoms with E-state index in [0.717, 1.165) is 12.1 Å². The molecule has 0 saturated carbocycles. The number of benzene rings is 1. The molecule has 0 aliphatic heterocycles. The van der Waals surface area contributed by atoms with Crippen LogP contribution in [0.2, 0.25) is 0 Å². The van der Waals surface area contributed by atoms with E-state index in [0.29, 0.717) is 0 Å². The summed E-state index contributed by atoms with van der Waals surface area (Å²) in [6.45, 7) is 0.533. The number of carboxylic acids is 1. The highest BCUT2D eigenvalue weighted by molar-refractivity contribution is 7.89. The Bertz CT molecular complexity index is 616. The van der Waals surface area contributed by atoms with Crippen LogP contribution >= 0.6 is 0 Å². The number of aliphatic hydroxyl groups excluding tert-OH is 1. The summed E-state index contributed by atoms with van der Waals surface area (Å²) >= 11 is 0. The maximum absolute atomic E-state index is 13.8. The topological polar surface area (TPSA) is 113 Å². The van der Waals surface area contributed by atoms with Crippen molar-refractivity contribution in [1.82, 2.24) is 4.72 Å². The molecule has 0 aliphatic carbocycles. The molecule has 0 amide bonds. The van der Waals surface area contributed by atoms with Crippen LogP contribution in [0.5, 0.6) is 5.75 Å². The van der Waals surface area contributed by atoms with Crippen LogP contribution in [-0.4, -0.2) is 44.4 Å². The van der Waals surface area contributed by atoms with Crippen LogP contribution in [0.4, 0.5) is 4.39 Å². The zero-order valence-corrected chi connectivity index (χ0v) is 11.6. The van der Waals surface area contributed by atoms with Gasteiger partial charge in [-0.1, -0.05) is 0 Å². The van der Waals surface area contributed by atoms with Gasteiger partial charge in [0.05, 0.1) is 12.0 Å². The molecule has 0 fully saturated rings. The molecule has 20 heavy (non-hydrogen) atoms. The van der Waals surface area contributed by atoms with Crippen LogP contribution in [0.1, 0.15) is 5.56 Å². The second kappa shape index (κ2) is 6.16. The molecule has 1 rings (SSSR count). The van der Waals surface area contributed by atoms with E-state index in [4.69, 9.17) is 14.9 Å². The molecule has 0 radical (unpaired) electrons. The highest BCUT2D eigenvalue weighted by atomic mass is 32.2. The molecule has 1 aromatic rings. The number of aliphatic carboxylic acids is 1. The standard InChI is InChI=1S/C11H14FNO6S/c1-6-9(4-3-8(19-2)10(6)12)20(17,18)13-5-7(14)11(15)16/h3-4,7,13-14H,5H2,1-2H3,(H,15,16)/t7-/m0/s1. The summed E-state index contributed by atoms with van der Waals surface area (Å²) in [5.41, 5.74) is -0.165. The Morgan fingerprint density at radius 2 is 2.10 bits per heavy atom. The van der Waals surface area contributed by atoms with E-state index in [9.17, 15) is 17.6 Å². The van der Waals surface area contributed by atoms with E-state index < -0.39 is 34.5 Å². The van der Waals surface area contributed by atoms with Crippen LogP contribution < -0.4 is 9.46 Å². The van der Waals surface area contributed by atoms with Gasteiger partial charge in [-0.05, 0) is 19.1 Å². The van der Waals surface area contributed by atoms with Crippen LogP contribution in [0.3, 0.4) is 0 Å². The Hall–Kier alpha value is -1.71. The normalized spacial score (nSPS) is 13.0. The Balaban J connectivity index is 3.05. The van der Waals surface area contributed by atoms with Gasteiger partial charge in [0.15, 0.2) is 17.7 Å². The average molecular weight is 307 g/mol. The largest absolute Gasteiger partial charge is 0.494 e. The van der Waals surface area contributed by atoms with Gasteiger partial charge in [-0.25, -0.2) is 22.3 Å². The fourth-order valence-corrected chi connectivity index (χ4v) is 2.72. The summed E-state index contributed by atoms with van der Waals surface area (Å²) in [5.74, 6) is -2.49. The minimum absolute atomic E-state index is 0.105. The monoisotopic (exact) mass is 307 g/mol. The zero-order valence-electron chi connectivity index (χ0n) is 10.8. The molecule has 1 atom stereocenters. The number of carboxylic acid groups (broad SMARTS) is 1. The van der Waals surface area contributed by atoms with Crippen molar-refractivity contribution in [3.8, 4) is 5.75 Å². The van der Waals surface area contributed by atoms with Crippen LogP contribution in [0, 0.1) is 12.7 Å². The molecular weight excluding hydrogens is 293 g/mol. The zero-order chi connectivity index (χ0) is 15.5. The highest BCUT2D eigenvalue weighted by Crippen LogP contribution is 2.25. The molecule has 0 spiro atoms. The predicted octanol–water partition coefficient (Wildman–Crippen LogP) is -0.133. The van der Waals surface area contributed by atoms with Crippen molar-refractivity contribution in [2.24, 2.45) is 0 Å². The van der Waals surface area contributed by atoms with Crippen LogP contribution in [-0.2, 0) is 14.8 Å². The molecule has 7 nitrogen and oxygen atoms in total. The molecule has 0 unspecified atom stereocenters. The van der Waals surface area contributed by atoms with Crippen molar-refractivity contribution >= 4 is 16.0 Å². The summed E-state index contributed by atoms with van der Waals surface area (Å²) < 4.78 is 44.2. The third-order valence-electron chi connectivity index (χ3n) is 2.56. The molecular formula is C11H14FNO6S. The second-order valence-corrected chi connectivity index (χ2v) is 5.65. The minimum Gasteiger partial charge on any atom is -0.494 e. The van der Waals surface area contributed by atoms with E-state index in [1.165, 1.54) is 14.0 Å². The van der Waals surface area contributed by atoms with Gasteiger partial charge in [0.25, 0.3) is 0 Å². The fourth-order valence-electron chi connectivity index (χ4n) is 1.44. The molecule has 0 heterocycles. The van der Waals surface area contributed by atoms with E-state index in [1.807, 2.05) is 4.72 Å². The lowest BCUT2D eigenvalue weighted by Gasteiger charge is -2.12. The molecule has 0 aromatic heterocycles. The van der Waals surface area contributed by atoms with Gasteiger partial charge in [-0.2, -0.15) is 0 Å². The lowest BCUT2D eigenvalue weighted by Crippen LogP contribution is -2.36.